The molecule has 0 saturated heterocycles. The number of anilines is 1. The number of ether oxygens (including phenoxy) is 1. The van der Waals surface area contributed by atoms with Gasteiger partial charge in [0, 0.05) is 22.4 Å². The molecule has 6 nitrogen and oxygen atoms in total. The third-order valence-electron chi connectivity index (χ3n) is 3.65. The quantitative estimate of drug-likeness (QED) is 0.692. The maximum absolute atomic E-state index is 12.6. The highest BCUT2D eigenvalue weighted by Crippen LogP contribution is 2.32. The highest BCUT2D eigenvalue weighted by atomic mass is 79.9. The van der Waals surface area contributed by atoms with Crippen LogP contribution in [0.2, 0.25) is 0 Å². The largest absolute Gasteiger partial charge is 0.423 e. The smallest absolute Gasteiger partial charge is 0.323 e. The molecule has 118 valence electrons. The van der Waals surface area contributed by atoms with E-state index in [1.54, 1.807) is 41.7 Å². The monoisotopic (exact) mass is 382 g/mol. The lowest BCUT2D eigenvalue weighted by Gasteiger charge is -2.15. The Balaban J connectivity index is 1.63. The molecule has 0 unspecified atom stereocenters. The number of aromatic nitrogens is 3. The van der Waals surface area contributed by atoms with E-state index in [9.17, 15) is 4.79 Å². The van der Waals surface area contributed by atoms with Crippen molar-refractivity contribution < 1.29 is 9.53 Å². The second-order valence-corrected chi connectivity index (χ2v) is 6.00. The number of pyridine rings is 1. The van der Waals surface area contributed by atoms with Gasteiger partial charge in [-0.15, -0.1) is 0 Å². The van der Waals surface area contributed by atoms with Crippen molar-refractivity contribution in [2.45, 2.75) is 6.54 Å². The Bertz CT molecular complexity index is 917. The number of carbonyl (C=O) groups is 1. The highest BCUT2D eigenvalue weighted by Gasteiger charge is 2.30. The van der Waals surface area contributed by atoms with E-state index < -0.39 is 0 Å². The minimum Gasteiger partial charge on any atom is -0.423 e. The van der Waals surface area contributed by atoms with Crippen molar-refractivity contribution in [1.29, 1.82) is 0 Å². The number of carbonyl (C=O) groups excluding carboxylic acids is 1. The number of rotatable bonds is 3. The van der Waals surface area contributed by atoms with Gasteiger partial charge in [-0.3, -0.25) is 14.7 Å². The normalized spacial score (nSPS) is 13.0. The molecule has 7 heteroatoms. The van der Waals surface area contributed by atoms with E-state index in [-0.39, 0.29) is 11.9 Å². The molecule has 0 aliphatic carbocycles. The van der Waals surface area contributed by atoms with E-state index in [2.05, 4.69) is 30.9 Å². The van der Waals surface area contributed by atoms with Gasteiger partial charge in [0.15, 0.2) is 0 Å². The van der Waals surface area contributed by atoms with Gasteiger partial charge in [-0.05, 0) is 35.9 Å². The summed E-state index contributed by atoms with van der Waals surface area (Å²) in [7, 11) is 0. The Labute approximate surface area is 146 Å². The molecule has 0 saturated carbocycles. The van der Waals surface area contributed by atoms with Crippen LogP contribution in [0.25, 0.3) is 0 Å². The molecular formula is C17H11BrN4O2. The first-order valence-corrected chi connectivity index (χ1v) is 8.02. The van der Waals surface area contributed by atoms with Gasteiger partial charge >= 0.3 is 6.01 Å². The van der Waals surface area contributed by atoms with Crippen LogP contribution in [0.3, 0.4) is 0 Å². The van der Waals surface area contributed by atoms with Crippen molar-refractivity contribution in [2.75, 3.05) is 4.90 Å². The fourth-order valence-electron chi connectivity index (χ4n) is 2.52. The highest BCUT2D eigenvalue weighted by molar-refractivity contribution is 9.10. The van der Waals surface area contributed by atoms with Crippen molar-refractivity contribution >= 4 is 27.7 Å². The molecule has 2 aromatic heterocycles. The van der Waals surface area contributed by atoms with Crippen molar-refractivity contribution in [3.05, 3.63) is 70.6 Å². The maximum atomic E-state index is 12.6. The lowest BCUT2D eigenvalue weighted by molar-refractivity contribution is 0.0996. The van der Waals surface area contributed by atoms with Crippen LogP contribution < -0.4 is 9.64 Å². The Morgan fingerprint density at radius 2 is 2.04 bits per heavy atom. The van der Waals surface area contributed by atoms with Gasteiger partial charge in [0.2, 0.25) is 0 Å². The fourth-order valence-corrected chi connectivity index (χ4v) is 3.02. The maximum Gasteiger partial charge on any atom is 0.323 e. The minimum atomic E-state index is -0.0858. The Morgan fingerprint density at radius 3 is 2.83 bits per heavy atom. The fraction of sp³-hybridized carbons (Fsp3) is 0.0588. The topological polar surface area (TPSA) is 68.2 Å². The van der Waals surface area contributed by atoms with Gasteiger partial charge in [0.25, 0.3) is 5.91 Å². The predicted molar refractivity (Wildman–Crippen MR) is 91.0 cm³/mol. The molecule has 0 spiro atoms. The van der Waals surface area contributed by atoms with Crippen molar-refractivity contribution in [1.82, 2.24) is 15.0 Å². The van der Waals surface area contributed by atoms with E-state index in [0.717, 1.165) is 10.0 Å². The molecule has 3 heterocycles. The summed E-state index contributed by atoms with van der Waals surface area (Å²) >= 11 is 3.49. The van der Waals surface area contributed by atoms with Crippen LogP contribution in [0.4, 0.5) is 5.82 Å². The van der Waals surface area contributed by atoms with Gasteiger partial charge in [-0.2, -0.15) is 4.98 Å². The molecule has 3 aromatic rings. The van der Waals surface area contributed by atoms with Gasteiger partial charge in [-0.1, -0.05) is 22.0 Å². The summed E-state index contributed by atoms with van der Waals surface area (Å²) in [5, 5.41) is 0. The number of amides is 1. The molecule has 0 atom stereocenters. The zero-order chi connectivity index (χ0) is 16.5. The zero-order valence-electron chi connectivity index (χ0n) is 12.4. The molecular weight excluding hydrogens is 372 g/mol. The van der Waals surface area contributed by atoms with Crippen LogP contribution in [0.1, 0.15) is 15.9 Å². The van der Waals surface area contributed by atoms with Crippen molar-refractivity contribution in [3.63, 3.8) is 0 Å². The van der Waals surface area contributed by atoms with E-state index in [0.29, 0.717) is 23.7 Å². The molecule has 4 rings (SSSR count). The minimum absolute atomic E-state index is 0.0858. The van der Waals surface area contributed by atoms with Crippen LogP contribution >= 0.6 is 15.9 Å². The first kappa shape index (κ1) is 14.8. The second-order valence-electron chi connectivity index (χ2n) is 5.15. The van der Waals surface area contributed by atoms with Gasteiger partial charge < -0.3 is 4.74 Å². The molecule has 1 aliphatic heterocycles. The molecule has 1 aliphatic rings. The second kappa shape index (κ2) is 6.01. The van der Waals surface area contributed by atoms with Gasteiger partial charge in [-0.25, -0.2) is 4.98 Å². The first-order chi connectivity index (χ1) is 11.7. The number of fused-ring (bicyclic) bond motifs is 1. The number of nitrogens with zero attached hydrogens (tertiary/aromatic N) is 4. The van der Waals surface area contributed by atoms with E-state index in [1.165, 1.54) is 0 Å². The number of hydrogen-bond acceptors (Lipinski definition) is 5. The van der Waals surface area contributed by atoms with Crippen LogP contribution in [0.15, 0.2) is 59.5 Å². The Kier molecular flexibility index (Phi) is 3.70. The lowest BCUT2D eigenvalue weighted by Crippen LogP contribution is -2.24. The molecule has 0 fully saturated rings. The van der Waals surface area contributed by atoms with Crippen molar-refractivity contribution in [3.8, 4) is 11.8 Å². The van der Waals surface area contributed by atoms with E-state index in [4.69, 9.17) is 4.74 Å². The Morgan fingerprint density at radius 1 is 1.12 bits per heavy atom. The van der Waals surface area contributed by atoms with Crippen molar-refractivity contribution in [2.24, 2.45) is 0 Å². The molecule has 1 aromatic carbocycles. The van der Waals surface area contributed by atoms with Gasteiger partial charge in [0.05, 0.1) is 12.7 Å². The third-order valence-corrected chi connectivity index (χ3v) is 4.39. The molecule has 1 amide bonds. The summed E-state index contributed by atoms with van der Waals surface area (Å²) in [6, 6.07) is 11.0. The summed E-state index contributed by atoms with van der Waals surface area (Å²) in [5.41, 5.74) is 1.63. The molecule has 0 radical (unpaired) electrons. The summed E-state index contributed by atoms with van der Waals surface area (Å²) in [6.45, 7) is 0.457. The molecule has 0 N–H and O–H groups in total. The van der Waals surface area contributed by atoms with Crippen LogP contribution in [-0.2, 0) is 6.54 Å². The van der Waals surface area contributed by atoms with Crippen LogP contribution in [0, 0.1) is 0 Å². The third kappa shape index (κ3) is 2.63. The molecule has 0 bridgehead atoms. The number of halogens is 1. The van der Waals surface area contributed by atoms with Crippen LogP contribution in [-0.4, -0.2) is 20.9 Å². The lowest BCUT2D eigenvalue weighted by atomic mass is 10.1. The SMILES string of the molecule is O=C1c2cccc(Br)c2CN1c1ccnc(Oc2cccnc2)n1. The van der Waals surface area contributed by atoms with E-state index in [1.807, 2.05) is 18.2 Å². The summed E-state index contributed by atoms with van der Waals surface area (Å²) in [4.78, 5) is 26.6. The van der Waals surface area contributed by atoms with Crippen LogP contribution in [0.5, 0.6) is 11.8 Å². The Hall–Kier alpha value is -2.80. The average molecular weight is 383 g/mol. The number of hydrogen-bond donors (Lipinski definition) is 0. The predicted octanol–water partition coefficient (Wildman–Crippen LogP) is 3.59. The standard InChI is InChI=1S/C17H11BrN4O2/c18-14-5-1-4-12-13(14)10-22(16(12)23)15-6-8-20-17(21-15)24-11-3-2-7-19-9-11/h1-9H,10H2. The zero-order valence-corrected chi connectivity index (χ0v) is 14.0. The summed E-state index contributed by atoms with van der Waals surface area (Å²) in [5.74, 6) is 0.947. The number of benzene rings is 1. The average Bonchev–Trinajstić information content (AvgIpc) is 2.95. The van der Waals surface area contributed by atoms with Gasteiger partial charge in [0.1, 0.15) is 11.6 Å². The summed E-state index contributed by atoms with van der Waals surface area (Å²) in [6.07, 6.45) is 4.80. The molecule has 24 heavy (non-hydrogen) atoms. The van der Waals surface area contributed by atoms with E-state index >= 15 is 0 Å². The first-order valence-electron chi connectivity index (χ1n) is 7.22. The summed E-state index contributed by atoms with van der Waals surface area (Å²) < 4.78 is 6.50.